The van der Waals surface area contributed by atoms with Crippen LogP contribution in [0.3, 0.4) is 0 Å². The molecule has 1 aliphatic heterocycles. The Morgan fingerprint density at radius 3 is 2.82 bits per heavy atom. The van der Waals surface area contributed by atoms with Crippen molar-refractivity contribution < 1.29 is 18.7 Å². The molecular formula is C15H19FN2O3S. The summed E-state index contributed by atoms with van der Waals surface area (Å²) >= 11 is 1.37. The van der Waals surface area contributed by atoms with Crippen LogP contribution in [0.5, 0.6) is 0 Å². The fourth-order valence-corrected chi connectivity index (χ4v) is 3.04. The fraction of sp³-hybridized carbons (Fsp3) is 0.467. The van der Waals surface area contributed by atoms with Crippen LogP contribution in [0.15, 0.2) is 18.2 Å². The Labute approximate surface area is 133 Å². The normalized spacial score (nSPS) is 13.8. The molecule has 0 aromatic heterocycles. The summed E-state index contributed by atoms with van der Waals surface area (Å²) in [7, 11) is 3.22. The first-order valence-electron chi connectivity index (χ1n) is 6.98. The van der Waals surface area contributed by atoms with Crippen LogP contribution in [0.4, 0.5) is 15.8 Å². The van der Waals surface area contributed by atoms with Gasteiger partial charge in [-0.1, -0.05) is 0 Å². The standard InChI is InChI=1S/C15H19FN2O3S/c1-17-6-7-18(12-4-3-11(16)9-13(12)17)14(19)5-8-22-10-15(20)21-2/h3-4,9H,5-8,10H2,1-2H3. The molecule has 5 nitrogen and oxygen atoms in total. The molecule has 0 N–H and O–H groups in total. The third-order valence-electron chi connectivity index (χ3n) is 3.51. The quantitative estimate of drug-likeness (QED) is 0.611. The number of likely N-dealkylation sites (N-methyl/N-ethyl adjacent to an activating group) is 1. The highest BCUT2D eigenvalue weighted by atomic mass is 32.2. The van der Waals surface area contributed by atoms with Crippen LogP contribution in [0, 0.1) is 5.82 Å². The number of benzene rings is 1. The third kappa shape index (κ3) is 3.91. The zero-order valence-corrected chi connectivity index (χ0v) is 13.5. The molecular weight excluding hydrogens is 307 g/mol. The van der Waals surface area contributed by atoms with Gasteiger partial charge in [0, 0.05) is 32.3 Å². The number of thioether (sulfide) groups is 1. The maximum absolute atomic E-state index is 13.4. The summed E-state index contributed by atoms with van der Waals surface area (Å²) in [6.45, 7) is 1.24. The van der Waals surface area contributed by atoms with Crippen molar-refractivity contribution in [1.82, 2.24) is 0 Å². The first kappa shape index (κ1) is 16.6. The van der Waals surface area contributed by atoms with E-state index in [2.05, 4.69) is 4.74 Å². The second-order valence-corrected chi connectivity index (χ2v) is 6.08. The minimum atomic E-state index is -0.312. The molecule has 120 valence electrons. The summed E-state index contributed by atoms with van der Waals surface area (Å²) in [6, 6.07) is 4.45. The van der Waals surface area contributed by atoms with E-state index < -0.39 is 0 Å². The molecule has 7 heteroatoms. The molecule has 1 amide bonds. The minimum absolute atomic E-state index is 0.0154. The number of carbonyl (C=O) groups excluding carboxylic acids is 2. The van der Waals surface area contributed by atoms with Gasteiger partial charge >= 0.3 is 5.97 Å². The lowest BCUT2D eigenvalue weighted by Crippen LogP contribution is -2.42. The number of methoxy groups -OCH3 is 1. The van der Waals surface area contributed by atoms with Gasteiger partial charge in [-0.25, -0.2) is 4.39 Å². The topological polar surface area (TPSA) is 49.9 Å². The lowest BCUT2D eigenvalue weighted by molar-refractivity contribution is -0.137. The van der Waals surface area contributed by atoms with E-state index in [0.717, 1.165) is 11.4 Å². The number of hydrogen-bond acceptors (Lipinski definition) is 5. The van der Waals surface area contributed by atoms with Gasteiger partial charge in [0.25, 0.3) is 0 Å². The maximum atomic E-state index is 13.4. The Morgan fingerprint density at radius 1 is 1.32 bits per heavy atom. The molecule has 22 heavy (non-hydrogen) atoms. The first-order valence-corrected chi connectivity index (χ1v) is 8.14. The highest BCUT2D eigenvalue weighted by molar-refractivity contribution is 7.99. The van der Waals surface area contributed by atoms with Gasteiger partial charge in [-0.3, -0.25) is 9.59 Å². The van der Waals surface area contributed by atoms with E-state index in [9.17, 15) is 14.0 Å². The van der Waals surface area contributed by atoms with Gasteiger partial charge < -0.3 is 14.5 Å². The predicted octanol–water partition coefficient (Wildman–Crippen LogP) is 1.90. The van der Waals surface area contributed by atoms with Crippen LogP contribution < -0.4 is 9.80 Å². The number of fused-ring (bicyclic) bond motifs is 1. The molecule has 0 saturated heterocycles. The molecule has 0 unspecified atom stereocenters. The monoisotopic (exact) mass is 326 g/mol. The second-order valence-electron chi connectivity index (χ2n) is 4.98. The number of halogens is 1. The van der Waals surface area contributed by atoms with Crippen LogP contribution in [-0.4, -0.2) is 50.6 Å². The molecule has 1 heterocycles. The van der Waals surface area contributed by atoms with Crippen LogP contribution >= 0.6 is 11.8 Å². The lowest BCUT2D eigenvalue weighted by atomic mass is 10.1. The summed E-state index contributed by atoms with van der Waals surface area (Å²) in [5.74, 6) is 0.176. The average molecular weight is 326 g/mol. The summed E-state index contributed by atoms with van der Waals surface area (Å²) in [4.78, 5) is 27.0. The Bertz CT molecular complexity index is 568. The van der Waals surface area contributed by atoms with Crippen molar-refractivity contribution in [2.75, 3.05) is 48.6 Å². The van der Waals surface area contributed by atoms with Crippen LogP contribution in [0.25, 0.3) is 0 Å². The van der Waals surface area contributed by atoms with Gasteiger partial charge in [0.05, 0.1) is 24.2 Å². The van der Waals surface area contributed by atoms with Crippen LogP contribution in [-0.2, 0) is 14.3 Å². The summed E-state index contributed by atoms with van der Waals surface area (Å²) in [5, 5.41) is 0. The average Bonchev–Trinajstić information content (AvgIpc) is 2.51. The predicted molar refractivity (Wildman–Crippen MR) is 86.0 cm³/mol. The van der Waals surface area contributed by atoms with Crippen molar-refractivity contribution in [3.05, 3.63) is 24.0 Å². The van der Waals surface area contributed by atoms with E-state index >= 15 is 0 Å². The summed E-state index contributed by atoms with van der Waals surface area (Å²) in [5.41, 5.74) is 1.46. The number of amides is 1. The maximum Gasteiger partial charge on any atom is 0.315 e. The van der Waals surface area contributed by atoms with Crippen molar-refractivity contribution in [3.63, 3.8) is 0 Å². The highest BCUT2D eigenvalue weighted by Gasteiger charge is 2.25. The zero-order chi connectivity index (χ0) is 16.1. The molecule has 0 atom stereocenters. The molecule has 0 saturated carbocycles. The van der Waals surface area contributed by atoms with Crippen LogP contribution in [0.1, 0.15) is 6.42 Å². The molecule has 0 bridgehead atoms. The Morgan fingerprint density at radius 2 is 2.09 bits per heavy atom. The molecule has 0 radical (unpaired) electrons. The van der Waals surface area contributed by atoms with Crippen molar-refractivity contribution in [2.45, 2.75) is 6.42 Å². The van der Waals surface area contributed by atoms with Gasteiger partial charge in [-0.05, 0) is 18.2 Å². The van der Waals surface area contributed by atoms with Gasteiger partial charge in [0.1, 0.15) is 5.82 Å². The van der Waals surface area contributed by atoms with Crippen molar-refractivity contribution in [2.24, 2.45) is 0 Å². The van der Waals surface area contributed by atoms with E-state index in [1.807, 2.05) is 11.9 Å². The third-order valence-corrected chi connectivity index (χ3v) is 4.44. The van der Waals surface area contributed by atoms with Gasteiger partial charge in [-0.15, -0.1) is 11.8 Å². The smallest absolute Gasteiger partial charge is 0.315 e. The molecule has 1 aliphatic rings. The Kier molecular flexibility index (Phi) is 5.65. The van der Waals surface area contributed by atoms with Crippen LogP contribution in [0.2, 0.25) is 0 Å². The van der Waals surface area contributed by atoms with E-state index in [-0.39, 0.29) is 23.4 Å². The summed E-state index contributed by atoms with van der Waals surface area (Å²) < 4.78 is 17.9. The number of esters is 1. The number of nitrogens with zero attached hydrogens (tertiary/aromatic N) is 2. The number of hydrogen-bond donors (Lipinski definition) is 0. The lowest BCUT2D eigenvalue weighted by Gasteiger charge is -2.35. The van der Waals surface area contributed by atoms with Crippen molar-refractivity contribution in [3.8, 4) is 0 Å². The van der Waals surface area contributed by atoms with E-state index in [0.29, 0.717) is 25.3 Å². The second kappa shape index (κ2) is 7.49. The largest absolute Gasteiger partial charge is 0.468 e. The Hall–Kier alpha value is -1.76. The number of carbonyl (C=O) groups is 2. The molecule has 0 aliphatic carbocycles. The molecule has 2 rings (SSSR count). The first-order chi connectivity index (χ1) is 10.5. The fourth-order valence-electron chi connectivity index (χ4n) is 2.29. The SMILES string of the molecule is COC(=O)CSCCC(=O)N1CCN(C)c2cc(F)ccc21. The van der Waals surface area contributed by atoms with E-state index in [4.69, 9.17) is 0 Å². The number of rotatable bonds is 5. The molecule has 1 aromatic carbocycles. The molecule has 1 aromatic rings. The van der Waals surface area contributed by atoms with Gasteiger partial charge in [-0.2, -0.15) is 0 Å². The van der Waals surface area contributed by atoms with Crippen molar-refractivity contribution in [1.29, 1.82) is 0 Å². The Balaban J connectivity index is 1.97. The van der Waals surface area contributed by atoms with Gasteiger partial charge in [0.15, 0.2) is 0 Å². The summed E-state index contributed by atoms with van der Waals surface area (Å²) in [6.07, 6.45) is 0.336. The van der Waals surface area contributed by atoms with Gasteiger partial charge in [0.2, 0.25) is 5.91 Å². The van der Waals surface area contributed by atoms with E-state index in [1.165, 1.54) is 31.0 Å². The van der Waals surface area contributed by atoms with Crippen molar-refractivity contribution >= 4 is 35.0 Å². The minimum Gasteiger partial charge on any atom is -0.468 e. The van der Waals surface area contributed by atoms with E-state index in [1.54, 1.807) is 11.0 Å². The zero-order valence-electron chi connectivity index (χ0n) is 12.7. The molecule has 0 fully saturated rings. The number of anilines is 2. The number of ether oxygens (including phenoxy) is 1. The highest BCUT2D eigenvalue weighted by Crippen LogP contribution is 2.33. The molecule has 0 spiro atoms.